The molecule has 0 spiro atoms. The zero-order valence-corrected chi connectivity index (χ0v) is 24.1. The lowest BCUT2D eigenvalue weighted by atomic mass is 10.0. The van der Waals surface area contributed by atoms with E-state index in [0.717, 1.165) is 25.4 Å². The molecule has 212 valence electrons. The van der Waals surface area contributed by atoms with Gasteiger partial charge < -0.3 is 9.59 Å². The van der Waals surface area contributed by atoms with Crippen LogP contribution in [0.15, 0.2) is 0 Å². The van der Waals surface area contributed by atoms with Crippen molar-refractivity contribution in [3.05, 3.63) is 0 Å². The van der Waals surface area contributed by atoms with Gasteiger partial charge in [-0.25, -0.2) is 0 Å². The molecule has 0 saturated carbocycles. The highest BCUT2D eigenvalue weighted by Gasteiger charge is 1.99. The van der Waals surface area contributed by atoms with Gasteiger partial charge in [0.1, 0.15) is 12.6 Å². The smallest absolute Gasteiger partial charge is 0.122 e. The Bertz CT molecular complexity index is 343. The number of carbonyl (C=O) groups excluding carboxylic acids is 2. The van der Waals surface area contributed by atoms with Gasteiger partial charge in [0.05, 0.1) is 0 Å². The summed E-state index contributed by atoms with van der Waals surface area (Å²) in [5.74, 6) is 0.544. The zero-order valence-electron chi connectivity index (χ0n) is 24.1. The van der Waals surface area contributed by atoms with Crippen LogP contribution >= 0.6 is 0 Å². The number of hydrogen-bond acceptors (Lipinski definition) is 2. The molecule has 0 aliphatic rings. The van der Waals surface area contributed by atoms with Gasteiger partial charge in [0.15, 0.2) is 0 Å². The quantitative estimate of drug-likeness (QED) is 0.0881. The van der Waals surface area contributed by atoms with E-state index in [-0.39, 0.29) is 19.3 Å². The topological polar surface area (TPSA) is 34.1 Å². The fourth-order valence-electron chi connectivity index (χ4n) is 4.40. The zero-order chi connectivity index (χ0) is 25.5. The first-order chi connectivity index (χ1) is 16.6. The van der Waals surface area contributed by atoms with Crippen LogP contribution in [-0.4, -0.2) is 12.6 Å². The van der Waals surface area contributed by atoms with Crippen LogP contribution in [0.1, 0.15) is 189 Å². The van der Waals surface area contributed by atoms with E-state index in [4.69, 9.17) is 0 Å². The van der Waals surface area contributed by atoms with Gasteiger partial charge in [-0.2, -0.15) is 0 Å². The molecule has 0 aliphatic heterocycles. The van der Waals surface area contributed by atoms with Crippen molar-refractivity contribution in [3.63, 3.8) is 0 Å². The van der Waals surface area contributed by atoms with Crippen LogP contribution in [-0.2, 0) is 9.59 Å². The molecule has 0 aromatic rings. The van der Waals surface area contributed by atoms with Crippen molar-refractivity contribution in [1.29, 1.82) is 0 Å². The number of unbranched alkanes of at least 4 members (excludes halogenated alkanes) is 20. The molecule has 0 saturated heterocycles. The van der Waals surface area contributed by atoms with Gasteiger partial charge in [0.2, 0.25) is 0 Å². The fraction of sp³-hybridized carbons (Fsp3) is 0.939. The molecular formula is C33H68O2. The third-order valence-electron chi connectivity index (χ3n) is 6.99. The van der Waals surface area contributed by atoms with Gasteiger partial charge in [0, 0.05) is 11.8 Å². The molecule has 0 aromatic heterocycles. The SMILES string of the molecule is C.CCCCCCCCCCCCC[C@@H](C)C=O.CCCCCCCCCCCCC[C@@H](C)C=O. The molecule has 0 amide bonds. The van der Waals surface area contributed by atoms with Crippen LogP contribution in [0.4, 0.5) is 0 Å². The van der Waals surface area contributed by atoms with Crippen LogP contribution in [0, 0.1) is 11.8 Å². The van der Waals surface area contributed by atoms with Gasteiger partial charge in [-0.05, 0) is 12.8 Å². The van der Waals surface area contributed by atoms with Crippen molar-refractivity contribution in [2.24, 2.45) is 11.8 Å². The summed E-state index contributed by atoms with van der Waals surface area (Å²) in [5, 5.41) is 0. The lowest BCUT2D eigenvalue weighted by Crippen LogP contribution is -1.94. The van der Waals surface area contributed by atoms with Gasteiger partial charge in [-0.1, -0.05) is 176 Å². The van der Waals surface area contributed by atoms with E-state index < -0.39 is 0 Å². The molecule has 35 heavy (non-hydrogen) atoms. The Morgan fingerprint density at radius 2 is 0.600 bits per heavy atom. The standard InChI is InChI=1S/2C16H32O.CH4/c2*1-3-4-5-6-7-8-9-10-11-12-13-14-16(2)15-17;/h2*15-16H,3-14H2,1-2H3;1H4/t2*16-;/m11./s1. The maximum atomic E-state index is 10.4. The summed E-state index contributed by atoms with van der Waals surface area (Å²) in [7, 11) is 0. The molecule has 0 heterocycles. The summed E-state index contributed by atoms with van der Waals surface area (Å²) < 4.78 is 0. The average Bonchev–Trinajstić information content (AvgIpc) is 2.85. The Hall–Kier alpha value is -0.660. The molecule has 0 bridgehead atoms. The van der Waals surface area contributed by atoms with E-state index in [2.05, 4.69) is 13.8 Å². The third-order valence-corrected chi connectivity index (χ3v) is 6.99. The summed E-state index contributed by atoms with van der Waals surface area (Å²) in [4.78, 5) is 20.8. The molecule has 0 N–H and O–H groups in total. The van der Waals surface area contributed by atoms with E-state index >= 15 is 0 Å². The molecule has 0 rings (SSSR count). The summed E-state index contributed by atoms with van der Waals surface area (Å²) in [6.07, 6.45) is 34.7. The van der Waals surface area contributed by atoms with Crippen LogP contribution in [0.5, 0.6) is 0 Å². The van der Waals surface area contributed by atoms with E-state index in [1.807, 2.05) is 13.8 Å². The second-order valence-electron chi connectivity index (χ2n) is 10.9. The lowest BCUT2D eigenvalue weighted by molar-refractivity contribution is -0.111. The monoisotopic (exact) mass is 497 g/mol. The minimum Gasteiger partial charge on any atom is -0.303 e. The number of carbonyl (C=O) groups is 2. The first-order valence-electron chi connectivity index (χ1n) is 15.5. The van der Waals surface area contributed by atoms with Gasteiger partial charge in [-0.15, -0.1) is 0 Å². The van der Waals surface area contributed by atoms with Crippen LogP contribution in [0.2, 0.25) is 0 Å². The summed E-state index contributed by atoms with van der Waals surface area (Å²) in [6, 6.07) is 0. The molecule has 0 radical (unpaired) electrons. The lowest BCUT2D eigenvalue weighted by Gasteiger charge is -2.04. The molecular weight excluding hydrogens is 428 g/mol. The number of rotatable bonds is 26. The third kappa shape index (κ3) is 38.0. The van der Waals surface area contributed by atoms with Crippen LogP contribution in [0.25, 0.3) is 0 Å². The summed E-state index contributed by atoms with van der Waals surface area (Å²) in [6.45, 7) is 8.57. The summed E-state index contributed by atoms with van der Waals surface area (Å²) >= 11 is 0. The molecule has 0 unspecified atom stereocenters. The van der Waals surface area contributed by atoms with E-state index in [1.54, 1.807) is 0 Å². The molecule has 2 atom stereocenters. The summed E-state index contributed by atoms with van der Waals surface area (Å²) in [5.41, 5.74) is 0. The molecule has 2 heteroatoms. The molecule has 0 aliphatic carbocycles. The van der Waals surface area contributed by atoms with Crippen molar-refractivity contribution >= 4 is 12.6 Å². The maximum absolute atomic E-state index is 10.4. The van der Waals surface area contributed by atoms with E-state index in [0.29, 0.717) is 0 Å². The van der Waals surface area contributed by atoms with Crippen molar-refractivity contribution in [3.8, 4) is 0 Å². The van der Waals surface area contributed by atoms with Crippen molar-refractivity contribution in [2.75, 3.05) is 0 Å². The van der Waals surface area contributed by atoms with E-state index in [1.165, 1.54) is 141 Å². The first-order valence-corrected chi connectivity index (χ1v) is 15.5. The minimum atomic E-state index is 0. The predicted octanol–water partition coefficient (Wildman–Crippen LogP) is 11.7. The second kappa shape index (κ2) is 35.5. The Balaban J connectivity index is -0.000000569. The van der Waals surface area contributed by atoms with E-state index in [9.17, 15) is 9.59 Å². The largest absolute Gasteiger partial charge is 0.303 e. The number of hydrogen-bond donors (Lipinski definition) is 0. The maximum Gasteiger partial charge on any atom is 0.122 e. The fourth-order valence-corrected chi connectivity index (χ4v) is 4.40. The highest BCUT2D eigenvalue weighted by molar-refractivity contribution is 5.52. The Labute approximate surface area is 223 Å². The van der Waals surface area contributed by atoms with Crippen molar-refractivity contribution < 1.29 is 9.59 Å². The highest BCUT2D eigenvalue weighted by atomic mass is 16.1. The van der Waals surface area contributed by atoms with Gasteiger partial charge >= 0.3 is 0 Å². The number of aldehydes is 2. The second-order valence-corrected chi connectivity index (χ2v) is 10.9. The van der Waals surface area contributed by atoms with Gasteiger partial charge in [-0.3, -0.25) is 0 Å². The molecule has 2 nitrogen and oxygen atoms in total. The van der Waals surface area contributed by atoms with Crippen LogP contribution < -0.4 is 0 Å². The molecule has 0 aromatic carbocycles. The Morgan fingerprint density at radius 3 is 0.800 bits per heavy atom. The highest BCUT2D eigenvalue weighted by Crippen LogP contribution is 2.14. The normalized spacial score (nSPS) is 12.2. The Morgan fingerprint density at radius 1 is 0.400 bits per heavy atom. The minimum absolute atomic E-state index is 0. The molecule has 0 fully saturated rings. The van der Waals surface area contributed by atoms with Crippen molar-refractivity contribution in [1.82, 2.24) is 0 Å². The predicted molar refractivity (Wildman–Crippen MR) is 159 cm³/mol. The van der Waals surface area contributed by atoms with Crippen molar-refractivity contribution in [2.45, 2.75) is 189 Å². The van der Waals surface area contributed by atoms with Gasteiger partial charge in [0.25, 0.3) is 0 Å². The first kappa shape index (κ1) is 38.9. The average molecular weight is 497 g/mol. The van der Waals surface area contributed by atoms with Crippen LogP contribution in [0.3, 0.4) is 0 Å². The Kier molecular flexibility index (Phi) is 39.4.